The number of carbonyl (C=O) groups is 1. The normalized spacial score (nSPS) is 17.8. The van der Waals surface area contributed by atoms with E-state index in [1.54, 1.807) is 16.9 Å². The molecule has 1 N–H and O–H groups in total. The second-order valence-corrected chi connectivity index (χ2v) is 5.94. The van der Waals surface area contributed by atoms with Gasteiger partial charge in [0.25, 0.3) is 5.91 Å². The zero-order valence-electron chi connectivity index (χ0n) is 14.0. The maximum absolute atomic E-state index is 12.4. The molecule has 1 fully saturated rings. The molecule has 2 heterocycles. The highest BCUT2D eigenvalue weighted by molar-refractivity contribution is 5.93. The standard InChI is InChI=1S/C18H21N5O2/c19-8-4-9-23-10-7-17(21-23)20-18(24)16-14-22(11-12-25-16)13-15-5-2-1-3-6-15/h1-3,5-7,10,16H,4,9,11-14H2,(H,20,21,24)/t16-/m1/s1. The molecule has 25 heavy (non-hydrogen) atoms. The molecule has 0 bridgehead atoms. The topological polar surface area (TPSA) is 83.2 Å². The molecular formula is C18H21N5O2. The Balaban J connectivity index is 1.53. The number of nitrogens with zero attached hydrogens (tertiary/aromatic N) is 4. The number of carbonyl (C=O) groups excluding carboxylic acids is 1. The van der Waals surface area contributed by atoms with E-state index in [2.05, 4.69) is 33.5 Å². The van der Waals surface area contributed by atoms with Crippen molar-refractivity contribution in [2.24, 2.45) is 0 Å². The van der Waals surface area contributed by atoms with Crippen LogP contribution in [-0.2, 0) is 22.6 Å². The van der Waals surface area contributed by atoms with Gasteiger partial charge in [0.05, 0.1) is 25.6 Å². The molecule has 0 aliphatic carbocycles. The number of rotatable bonds is 6. The molecule has 1 aliphatic rings. The van der Waals surface area contributed by atoms with E-state index in [9.17, 15) is 4.79 Å². The van der Waals surface area contributed by atoms with Gasteiger partial charge in [-0.2, -0.15) is 10.4 Å². The van der Waals surface area contributed by atoms with Gasteiger partial charge in [0, 0.05) is 31.9 Å². The molecule has 0 radical (unpaired) electrons. The van der Waals surface area contributed by atoms with E-state index in [0.717, 1.165) is 13.1 Å². The van der Waals surface area contributed by atoms with Gasteiger partial charge in [-0.25, -0.2) is 0 Å². The number of aromatic nitrogens is 2. The summed E-state index contributed by atoms with van der Waals surface area (Å²) in [5, 5.41) is 15.6. The Kier molecular flexibility index (Phi) is 5.77. The van der Waals surface area contributed by atoms with Crippen molar-refractivity contribution in [1.29, 1.82) is 5.26 Å². The fraction of sp³-hybridized carbons (Fsp3) is 0.389. The molecule has 1 aromatic carbocycles. The summed E-state index contributed by atoms with van der Waals surface area (Å²) in [6, 6.07) is 14.0. The van der Waals surface area contributed by atoms with Crippen molar-refractivity contribution in [3.05, 3.63) is 48.2 Å². The van der Waals surface area contributed by atoms with Crippen molar-refractivity contribution in [1.82, 2.24) is 14.7 Å². The van der Waals surface area contributed by atoms with Crippen molar-refractivity contribution in [2.75, 3.05) is 25.0 Å². The highest BCUT2D eigenvalue weighted by atomic mass is 16.5. The Bertz CT molecular complexity index is 737. The number of hydrogen-bond donors (Lipinski definition) is 1. The van der Waals surface area contributed by atoms with Crippen molar-refractivity contribution < 1.29 is 9.53 Å². The number of nitrogens with one attached hydrogen (secondary N) is 1. The summed E-state index contributed by atoms with van der Waals surface area (Å²) in [4.78, 5) is 14.6. The third-order valence-electron chi connectivity index (χ3n) is 4.04. The van der Waals surface area contributed by atoms with Crippen LogP contribution in [0.1, 0.15) is 12.0 Å². The van der Waals surface area contributed by atoms with Crippen LogP contribution >= 0.6 is 0 Å². The molecule has 7 nitrogen and oxygen atoms in total. The number of benzene rings is 1. The molecule has 3 rings (SSSR count). The maximum atomic E-state index is 12.4. The molecule has 0 spiro atoms. The van der Waals surface area contributed by atoms with Gasteiger partial charge in [-0.15, -0.1) is 0 Å². The van der Waals surface area contributed by atoms with Crippen LogP contribution in [0.3, 0.4) is 0 Å². The largest absolute Gasteiger partial charge is 0.366 e. The van der Waals surface area contributed by atoms with Crippen LogP contribution in [0.4, 0.5) is 5.82 Å². The minimum atomic E-state index is -0.512. The summed E-state index contributed by atoms with van der Waals surface area (Å²) < 4.78 is 7.26. The maximum Gasteiger partial charge on any atom is 0.256 e. The fourth-order valence-electron chi connectivity index (χ4n) is 2.77. The average Bonchev–Trinajstić information content (AvgIpc) is 3.08. The summed E-state index contributed by atoms with van der Waals surface area (Å²) in [5.41, 5.74) is 1.22. The van der Waals surface area contributed by atoms with Gasteiger partial charge in [0.2, 0.25) is 0 Å². The van der Waals surface area contributed by atoms with Crippen molar-refractivity contribution in [3.8, 4) is 6.07 Å². The third-order valence-corrected chi connectivity index (χ3v) is 4.04. The predicted octanol–water partition coefficient (Wildman–Crippen LogP) is 1.64. The van der Waals surface area contributed by atoms with Crippen LogP contribution in [-0.4, -0.2) is 46.4 Å². The van der Waals surface area contributed by atoms with Crippen molar-refractivity contribution in [2.45, 2.75) is 25.6 Å². The Labute approximate surface area is 146 Å². The van der Waals surface area contributed by atoms with Crippen LogP contribution < -0.4 is 5.32 Å². The summed E-state index contributed by atoms with van der Waals surface area (Å²) in [7, 11) is 0. The number of hydrogen-bond acceptors (Lipinski definition) is 5. The minimum Gasteiger partial charge on any atom is -0.366 e. The molecule has 1 saturated heterocycles. The zero-order chi connectivity index (χ0) is 17.5. The van der Waals surface area contributed by atoms with Gasteiger partial charge in [-0.1, -0.05) is 30.3 Å². The van der Waals surface area contributed by atoms with Crippen LogP contribution in [0.5, 0.6) is 0 Å². The van der Waals surface area contributed by atoms with E-state index >= 15 is 0 Å². The average molecular weight is 339 g/mol. The smallest absolute Gasteiger partial charge is 0.256 e. The molecule has 2 aromatic rings. The molecule has 1 aromatic heterocycles. The van der Waals surface area contributed by atoms with Gasteiger partial charge >= 0.3 is 0 Å². The molecule has 0 saturated carbocycles. The summed E-state index contributed by atoms with van der Waals surface area (Å²) in [6.07, 6.45) is 1.62. The Morgan fingerprint density at radius 1 is 1.36 bits per heavy atom. The SMILES string of the molecule is N#CCCn1ccc(NC(=O)[C@H]2CN(Cc3ccccc3)CCO2)n1. The number of ether oxygens (including phenoxy) is 1. The highest BCUT2D eigenvalue weighted by Gasteiger charge is 2.27. The van der Waals surface area contributed by atoms with E-state index in [-0.39, 0.29) is 5.91 Å². The molecule has 7 heteroatoms. The molecule has 130 valence electrons. The lowest BCUT2D eigenvalue weighted by molar-refractivity contribution is -0.133. The number of anilines is 1. The lowest BCUT2D eigenvalue weighted by atomic mass is 10.2. The van der Waals surface area contributed by atoms with Gasteiger partial charge in [-0.05, 0) is 5.56 Å². The summed E-state index contributed by atoms with van der Waals surface area (Å²) in [5.74, 6) is 0.287. The zero-order valence-corrected chi connectivity index (χ0v) is 14.0. The monoisotopic (exact) mass is 339 g/mol. The third kappa shape index (κ3) is 4.89. The summed E-state index contributed by atoms with van der Waals surface area (Å²) in [6.45, 7) is 3.20. The van der Waals surface area contributed by atoms with E-state index < -0.39 is 6.10 Å². The predicted molar refractivity (Wildman–Crippen MR) is 92.5 cm³/mol. The molecule has 1 amide bonds. The second-order valence-electron chi connectivity index (χ2n) is 5.94. The van der Waals surface area contributed by atoms with Gasteiger partial charge in [0.15, 0.2) is 5.82 Å². The van der Waals surface area contributed by atoms with E-state index in [1.165, 1.54) is 5.56 Å². The first-order valence-electron chi connectivity index (χ1n) is 8.34. The lowest BCUT2D eigenvalue weighted by Gasteiger charge is -2.32. The number of morpholine rings is 1. The molecule has 1 atom stereocenters. The Morgan fingerprint density at radius 3 is 3.00 bits per heavy atom. The molecular weight excluding hydrogens is 318 g/mol. The summed E-state index contributed by atoms with van der Waals surface area (Å²) >= 11 is 0. The minimum absolute atomic E-state index is 0.191. The highest BCUT2D eigenvalue weighted by Crippen LogP contribution is 2.12. The first-order valence-corrected chi connectivity index (χ1v) is 8.34. The van der Waals surface area contributed by atoms with E-state index in [0.29, 0.717) is 31.9 Å². The number of amides is 1. The Hall–Kier alpha value is -2.69. The van der Waals surface area contributed by atoms with Gasteiger partial charge < -0.3 is 10.1 Å². The quantitative estimate of drug-likeness (QED) is 0.865. The van der Waals surface area contributed by atoms with Gasteiger partial charge in [0.1, 0.15) is 6.10 Å². The van der Waals surface area contributed by atoms with Crippen molar-refractivity contribution in [3.63, 3.8) is 0 Å². The van der Waals surface area contributed by atoms with Crippen LogP contribution in [0.15, 0.2) is 42.6 Å². The van der Waals surface area contributed by atoms with E-state index in [4.69, 9.17) is 10.00 Å². The number of nitriles is 1. The first-order chi connectivity index (χ1) is 12.2. The van der Waals surface area contributed by atoms with Gasteiger partial charge in [-0.3, -0.25) is 14.4 Å². The van der Waals surface area contributed by atoms with Crippen LogP contribution in [0.25, 0.3) is 0 Å². The van der Waals surface area contributed by atoms with Crippen molar-refractivity contribution >= 4 is 11.7 Å². The lowest BCUT2D eigenvalue weighted by Crippen LogP contribution is -2.47. The van der Waals surface area contributed by atoms with E-state index in [1.807, 2.05) is 18.2 Å². The number of aryl methyl sites for hydroxylation is 1. The molecule has 1 aliphatic heterocycles. The molecule has 0 unspecified atom stereocenters. The second kappa shape index (κ2) is 8.42. The van der Waals surface area contributed by atoms with Crippen LogP contribution in [0.2, 0.25) is 0 Å². The Morgan fingerprint density at radius 2 is 2.20 bits per heavy atom. The fourth-order valence-corrected chi connectivity index (χ4v) is 2.77. The van der Waals surface area contributed by atoms with Crippen LogP contribution in [0, 0.1) is 11.3 Å². The first kappa shape index (κ1) is 17.1.